The predicted molar refractivity (Wildman–Crippen MR) is 149 cm³/mol. The van der Waals surface area contributed by atoms with E-state index in [1.165, 1.54) is 36.3 Å². The van der Waals surface area contributed by atoms with Crippen LogP contribution in [0.4, 0.5) is 0 Å². The zero-order valence-corrected chi connectivity index (χ0v) is 27.8. The molecule has 2 unspecified atom stereocenters. The van der Waals surface area contributed by atoms with E-state index in [2.05, 4.69) is 102 Å². The topological polar surface area (TPSA) is 0 Å². The summed E-state index contributed by atoms with van der Waals surface area (Å²) in [5.74, 6) is 0. The normalized spacial score (nSPS) is 18.1. The van der Waals surface area contributed by atoms with Gasteiger partial charge in [-0.3, -0.25) is 0 Å². The van der Waals surface area contributed by atoms with Crippen LogP contribution in [0.5, 0.6) is 0 Å². The van der Waals surface area contributed by atoms with E-state index in [1.54, 1.807) is 11.1 Å². The number of hydrogen-bond donors (Lipinski definition) is 0. The summed E-state index contributed by atoms with van der Waals surface area (Å²) >= 11 is -0.812. The Hall–Kier alpha value is 0.243. The average Bonchev–Trinajstić information content (AvgIpc) is 3.32. The van der Waals surface area contributed by atoms with Crippen molar-refractivity contribution in [2.45, 2.75) is 73.0 Å². The molecule has 2 aliphatic rings. The van der Waals surface area contributed by atoms with Crippen molar-refractivity contribution >= 4 is 28.0 Å². The van der Waals surface area contributed by atoms with Crippen LogP contribution in [0.25, 0.3) is 12.2 Å². The van der Waals surface area contributed by atoms with Gasteiger partial charge in [0.1, 0.15) is 0 Å². The van der Waals surface area contributed by atoms with Gasteiger partial charge in [-0.25, -0.2) is 0 Å². The van der Waals surface area contributed by atoms with Gasteiger partial charge in [0.05, 0.1) is 0 Å². The van der Waals surface area contributed by atoms with Gasteiger partial charge in [-0.1, -0.05) is 0 Å². The third-order valence-electron chi connectivity index (χ3n) is 6.91. The molecule has 2 atom stereocenters. The zero-order valence-electron chi connectivity index (χ0n) is 22.1. The van der Waals surface area contributed by atoms with Gasteiger partial charge in [0.15, 0.2) is 0 Å². The molecule has 2 aromatic rings. The molecule has 0 spiro atoms. The molecule has 0 nitrogen and oxygen atoms in total. The maximum atomic E-state index is 2.65. The van der Waals surface area contributed by atoms with Crippen LogP contribution in [0.3, 0.4) is 0 Å². The number of hydrogen-bond acceptors (Lipinski definition) is 0. The maximum absolute atomic E-state index is 2.65. The SMILES string of the molecule is CCCP(CCC)C1=Cc2ccccc2[CH]1[Zr+2][CH]1C(P(C(C)C)C(C)C)=Cc2ccccc21.[Cl-].[Cl-]. The van der Waals surface area contributed by atoms with Crippen LogP contribution in [0.2, 0.25) is 0 Å². The van der Waals surface area contributed by atoms with Crippen LogP contribution in [0.15, 0.2) is 59.2 Å². The van der Waals surface area contributed by atoms with Gasteiger partial charge in [0.25, 0.3) is 0 Å². The first kappa shape index (κ1) is 31.5. The number of allylic oxidation sites excluding steroid dienone is 2. The summed E-state index contributed by atoms with van der Waals surface area (Å²) in [5.41, 5.74) is 7.89. The van der Waals surface area contributed by atoms with Crippen molar-refractivity contribution in [3.63, 3.8) is 0 Å². The van der Waals surface area contributed by atoms with Crippen molar-refractivity contribution in [2.24, 2.45) is 0 Å². The second kappa shape index (κ2) is 14.4. The molecule has 2 aromatic carbocycles. The molecule has 0 saturated heterocycles. The number of fused-ring (bicyclic) bond motifs is 2. The molecular formula is C30H40Cl2P2Zr. The van der Waals surface area contributed by atoms with Crippen LogP contribution >= 0.6 is 15.8 Å². The van der Waals surface area contributed by atoms with Crippen molar-refractivity contribution in [1.29, 1.82) is 0 Å². The first-order valence-corrected chi connectivity index (χ1v) is 18.9. The molecule has 0 heterocycles. The molecular weight excluding hydrogens is 584 g/mol. The summed E-state index contributed by atoms with van der Waals surface area (Å²) < 4.78 is 1.49. The fraction of sp³-hybridized carbons (Fsp3) is 0.467. The van der Waals surface area contributed by atoms with Crippen LogP contribution in [-0.2, 0) is 23.2 Å². The second-order valence-corrected chi connectivity index (χ2v) is 19.6. The smallest absolute Gasteiger partial charge is 1.00 e. The fourth-order valence-electron chi connectivity index (χ4n) is 5.73. The van der Waals surface area contributed by atoms with Gasteiger partial charge >= 0.3 is 218 Å². The minimum absolute atomic E-state index is 0. The molecule has 0 radical (unpaired) electrons. The first-order chi connectivity index (χ1) is 16.0. The summed E-state index contributed by atoms with van der Waals surface area (Å²) in [6.07, 6.45) is 10.7. The zero-order chi connectivity index (χ0) is 23.5. The Bertz CT molecular complexity index is 1020. The molecule has 4 rings (SSSR count). The quantitative estimate of drug-likeness (QED) is 0.353. The molecule has 5 heteroatoms. The van der Waals surface area contributed by atoms with Crippen molar-refractivity contribution in [1.82, 2.24) is 0 Å². The molecule has 0 saturated carbocycles. The molecule has 0 N–H and O–H groups in total. The number of benzene rings is 2. The Morgan fingerprint density at radius 1 is 0.686 bits per heavy atom. The van der Waals surface area contributed by atoms with Gasteiger partial charge in [0, 0.05) is 0 Å². The van der Waals surface area contributed by atoms with E-state index in [-0.39, 0.29) is 40.7 Å². The van der Waals surface area contributed by atoms with Crippen molar-refractivity contribution in [2.75, 3.05) is 12.3 Å². The largest absolute Gasteiger partial charge is 1.00 e. The summed E-state index contributed by atoms with van der Waals surface area (Å²) in [6.45, 7) is 14.6. The fourth-order valence-corrected chi connectivity index (χ4v) is 19.1. The maximum Gasteiger partial charge on any atom is -1.00 e. The second-order valence-electron chi connectivity index (χ2n) is 10.0. The van der Waals surface area contributed by atoms with Crippen LogP contribution in [-0.4, -0.2) is 23.6 Å². The molecule has 35 heavy (non-hydrogen) atoms. The molecule has 0 bridgehead atoms. The van der Waals surface area contributed by atoms with E-state index < -0.39 is 23.2 Å². The van der Waals surface area contributed by atoms with E-state index in [1.807, 2.05) is 10.6 Å². The van der Waals surface area contributed by atoms with E-state index >= 15 is 0 Å². The number of rotatable bonds is 10. The minimum Gasteiger partial charge on any atom is -1.00 e. The van der Waals surface area contributed by atoms with Gasteiger partial charge < -0.3 is 24.8 Å². The monoisotopic (exact) mass is 622 g/mol. The van der Waals surface area contributed by atoms with Crippen LogP contribution in [0.1, 0.15) is 83.9 Å². The van der Waals surface area contributed by atoms with E-state index in [9.17, 15) is 0 Å². The Morgan fingerprint density at radius 2 is 1.11 bits per heavy atom. The average molecular weight is 625 g/mol. The van der Waals surface area contributed by atoms with Crippen molar-refractivity contribution in [3.8, 4) is 0 Å². The molecule has 188 valence electrons. The Kier molecular flexibility index (Phi) is 13.0. The third-order valence-corrected chi connectivity index (χ3v) is 19.1. The van der Waals surface area contributed by atoms with Gasteiger partial charge in [-0.2, -0.15) is 0 Å². The summed E-state index contributed by atoms with van der Waals surface area (Å²) in [4.78, 5) is 0. The summed E-state index contributed by atoms with van der Waals surface area (Å²) in [6, 6.07) is 18.8. The van der Waals surface area contributed by atoms with Crippen LogP contribution < -0.4 is 24.8 Å². The molecule has 0 amide bonds. The summed E-state index contributed by atoms with van der Waals surface area (Å²) in [7, 11) is -0.107. The molecule has 0 fully saturated rings. The van der Waals surface area contributed by atoms with Crippen molar-refractivity contribution < 1.29 is 48.0 Å². The Labute approximate surface area is 241 Å². The summed E-state index contributed by atoms with van der Waals surface area (Å²) in [5, 5.41) is 3.70. The Morgan fingerprint density at radius 3 is 1.57 bits per heavy atom. The van der Waals surface area contributed by atoms with Gasteiger partial charge in [0.2, 0.25) is 0 Å². The predicted octanol–water partition coefficient (Wildman–Crippen LogP) is 3.87. The molecule has 2 aliphatic carbocycles. The van der Waals surface area contributed by atoms with Crippen LogP contribution in [0, 0.1) is 0 Å². The molecule has 0 aliphatic heterocycles. The van der Waals surface area contributed by atoms with Gasteiger partial charge in [-0.15, -0.1) is 0 Å². The Balaban J connectivity index is 0.00000216. The molecule has 0 aromatic heterocycles. The van der Waals surface area contributed by atoms with E-state index in [0.717, 1.165) is 18.6 Å². The standard InChI is InChI=1S/2C15H20P.2ClH.Zr/c1-11(2)16(12(3)4)15-9-13-7-5-6-8-14(13)10-15;1-3-9-16(10-4-2)15-11-13-7-5-6-8-14(13)12-15;;;/h5-12H,1-4H3;5-8,11-12H,3-4,9-10H2,1-2H3;2*1H;/q;;;;+2/p-2. The van der Waals surface area contributed by atoms with E-state index in [4.69, 9.17) is 0 Å². The van der Waals surface area contributed by atoms with Crippen molar-refractivity contribution in [3.05, 3.63) is 81.4 Å². The first-order valence-electron chi connectivity index (χ1n) is 12.9. The van der Waals surface area contributed by atoms with Gasteiger partial charge in [-0.05, 0) is 0 Å². The minimum atomic E-state index is -0.812. The van der Waals surface area contributed by atoms with E-state index in [0.29, 0.717) is 0 Å². The third kappa shape index (κ3) is 6.82. The number of halogens is 2.